The largest absolute Gasteiger partial charge is 0.368 e. The van der Waals surface area contributed by atoms with Gasteiger partial charge in [-0.2, -0.15) is 16.7 Å². The molecule has 2 fully saturated rings. The van der Waals surface area contributed by atoms with Gasteiger partial charge in [0, 0.05) is 17.9 Å². The standard InChI is InChI=1S/C11H17N3O2S/c1-2-12-6-8(1)5-10-13-11(14-16-10)9-7-17-4-3-15-9/h8-9,12H,1-7H2. The molecule has 0 bridgehead atoms. The molecule has 0 radical (unpaired) electrons. The third-order valence-electron chi connectivity index (χ3n) is 3.21. The minimum Gasteiger partial charge on any atom is -0.368 e. The van der Waals surface area contributed by atoms with Crippen molar-refractivity contribution in [1.82, 2.24) is 15.5 Å². The summed E-state index contributed by atoms with van der Waals surface area (Å²) in [6.07, 6.45) is 2.11. The van der Waals surface area contributed by atoms with Crippen LogP contribution in [0.25, 0.3) is 0 Å². The monoisotopic (exact) mass is 255 g/mol. The summed E-state index contributed by atoms with van der Waals surface area (Å²) in [5.74, 6) is 4.12. The van der Waals surface area contributed by atoms with Crippen molar-refractivity contribution in [2.75, 3.05) is 31.2 Å². The Labute approximate surface area is 105 Å². The van der Waals surface area contributed by atoms with Crippen molar-refractivity contribution in [3.63, 3.8) is 0 Å². The number of rotatable bonds is 3. The molecule has 5 nitrogen and oxygen atoms in total. The van der Waals surface area contributed by atoms with Crippen LogP contribution in [0, 0.1) is 5.92 Å². The maximum Gasteiger partial charge on any atom is 0.227 e. The highest BCUT2D eigenvalue weighted by Gasteiger charge is 2.23. The van der Waals surface area contributed by atoms with E-state index in [1.165, 1.54) is 6.42 Å². The van der Waals surface area contributed by atoms with Crippen LogP contribution in [0.4, 0.5) is 0 Å². The second kappa shape index (κ2) is 5.37. The van der Waals surface area contributed by atoms with E-state index in [-0.39, 0.29) is 6.10 Å². The Hall–Kier alpha value is -0.590. The Balaban J connectivity index is 1.60. The second-order valence-electron chi connectivity index (χ2n) is 4.54. The Kier molecular flexibility index (Phi) is 3.63. The van der Waals surface area contributed by atoms with E-state index in [1.54, 1.807) is 0 Å². The van der Waals surface area contributed by atoms with Crippen LogP contribution < -0.4 is 5.32 Å². The van der Waals surface area contributed by atoms with Gasteiger partial charge in [-0.15, -0.1) is 0 Å². The Morgan fingerprint density at radius 1 is 1.47 bits per heavy atom. The summed E-state index contributed by atoms with van der Waals surface area (Å²) >= 11 is 1.88. The maximum atomic E-state index is 5.63. The minimum atomic E-state index is 0.0213. The number of hydrogen-bond donors (Lipinski definition) is 1. The molecule has 3 heterocycles. The topological polar surface area (TPSA) is 60.2 Å². The quantitative estimate of drug-likeness (QED) is 0.870. The molecular weight excluding hydrogens is 238 g/mol. The van der Waals surface area contributed by atoms with Gasteiger partial charge in [0.1, 0.15) is 6.10 Å². The molecule has 17 heavy (non-hydrogen) atoms. The predicted octanol–water partition coefficient (Wildman–Crippen LogP) is 1.03. The van der Waals surface area contributed by atoms with E-state index in [9.17, 15) is 0 Å². The molecule has 3 rings (SSSR count). The first kappa shape index (κ1) is 11.5. The number of nitrogens with zero attached hydrogens (tertiary/aromatic N) is 2. The summed E-state index contributed by atoms with van der Waals surface area (Å²) in [4.78, 5) is 4.45. The lowest BCUT2D eigenvalue weighted by molar-refractivity contribution is 0.0677. The van der Waals surface area contributed by atoms with E-state index in [4.69, 9.17) is 9.26 Å². The van der Waals surface area contributed by atoms with Gasteiger partial charge in [-0.25, -0.2) is 0 Å². The first-order chi connectivity index (χ1) is 8.42. The van der Waals surface area contributed by atoms with Crippen molar-refractivity contribution in [2.24, 2.45) is 5.92 Å². The van der Waals surface area contributed by atoms with Gasteiger partial charge in [0.15, 0.2) is 0 Å². The molecule has 0 aromatic carbocycles. The number of ether oxygens (including phenoxy) is 1. The molecule has 0 aliphatic carbocycles. The highest BCUT2D eigenvalue weighted by Crippen LogP contribution is 2.25. The van der Waals surface area contributed by atoms with Crippen molar-refractivity contribution >= 4 is 11.8 Å². The number of hydrogen-bond acceptors (Lipinski definition) is 6. The summed E-state index contributed by atoms with van der Waals surface area (Å²) in [6, 6.07) is 0. The summed E-state index contributed by atoms with van der Waals surface area (Å²) < 4.78 is 10.9. The predicted molar refractivity (Wildman–Crippen MR) is 65.0 cm³/mol. The van der Waals surface area contributed by atoms with Gasteiger partial charge in [0.25, 0.3) is 0 Å². The van der Waals surface area contributed by atoms with Gasteiger partial charge in [0.2, 0.25) is 11.7 Å². The third kappa shape index (κ3) is 2.81. The lowest BCUT2D eigenvalue weighted by Crippen LogP contribution is -2.17. The van der Waals surface area contributed by atoms with E-state index in [2.05, 4.69) is 15.5 Å². The fourth-order valence-corrected chi connectivity index (χ4v) is 3.09. The smallest absolute Gasteiger partial charge is 0.227 e. The van der Waals surface area contributed by atoms with Crippen LogP contribution in [0.5, 0.6) is 0 Å². The molecule has 1 N–H and O–H groups in total. The molecule has 2 aliphatic rings. The fourth-order valence-electron chi connectivity index (χ4n) is 2.25. The van der Waals surface area contributed by atoms with Gasteiger partial charge in [0.05, 0.1) is 6.61 Å². The second-order valence-corrected chi connectivity index (χ2v) is 5.69. The van der Waals surface area contributed by atoms with Gasteiger partial charge < -0.3 is 14.6 Å². The molecule has 2 aliphatic heterocycles. The molecule has 2 unspecified atom stereocenters. The molecule has 0 amide bonds. The number of thioether (sulfide) groups is 1. The average molecular weight is 255 g/mol. The Morgan fingerprint density at radius 2 is 2.47 bits per heavy atom. The van der Waals surface area contributed by atoms with Crippen LogP contribution in [0.1, 0.15) is 24.2 Å². The maximum absolute atomic E-state index is 5.63. The van der Waals surface area contributed by atoms with Crippen molar-refractivity contribution in [1.29, 1.82) is 0 Å². The Bertz CT molecular complexity index is 359. The summed E-state index contributed by atoms with van der Waals surface area (Å²) in [7, 11) is 0. The van der Waals surface area contributed by atoms with Gasteiger partial charge in [-0.3, -0.25) is 0 Å². The van der Waals surface area contributed by atoms with E-state index in [0.717, 1.165) is 49.3 Å². The van der Waals surface area contributed by atoms with Gasteiger partial charge in [-0.1, -0.05) is 5.16 Å². The molecule has 1 aromatic rings. The number of aromatic nitrogens is 2. The molecular formula is C11H17N3O2S. The summed E-state index contributed by atoms with van der Waals surface area (Å²) in [5, 5.41) is 7.38. The first-order valence-corrected chi connectivity index (χ1v) is 7.30. The molecule has 0 spiro atoms. The molecule has 6 heteroatoms. The molecule has 0 saturated carbocycles. The van der Waals surface area contributed by atoms with Gasteiger partial charge in [-0.05, 0) is 25.4 Å². The fraction of sp³-hybridized carbons (Fsp3) is 0.818. The normalized spacial score (nSPS) is 29.6. The zero-order valence-electron chi connectivity index (χ0n) is 9.72. The third-order valence-corrected chi connectivity index (χ3v) is 4.21. The number of nitrogens with one attached hydrogen (secondary N) is 1. The summed E-state index contributed by atoms with van der Waals surface area (Å²) in [6.45, 7) is 2.95. The van der Waals surface area contributed by atoms with Crippen LogP contribution in [0.3, 0.4) is 0 Å². The highest BCUT2D eigenvalue weighted by molar-refractivity contribution is 7.99. The van der Waals surface area contributed by atoms with Crippen molar-refractivity contribution in [2.45, 2.75) is 18.9 Å². The molecule has 2 saturated heterocycles. The van der Waals surface area contributed by atoms with E-state index < -0.39 is 0 Å². The first-order valence-electron chi connectivity index (χ1n) is 6.14. The summed E-state index contributed by atoms with van der Waals surface area (Å²) in [5.41, 5.74) is 0. The van der Waals surface area contributed by atoms with Crippen LogP contribution in [-0.4, -0.2) is 41.3 Å². The van der Waals surface area contributed by atoms with E-state index >= 15 is 0 Å². The minimum absolute atomic E-state index is 0.0213. The molecule has 2 atom stereocenters. The lowest BCUT2D eigenvalue weighted by atomic mass is 10.1. The van der Waals surface area contributed by atoms with Crippen molar-refractivity contribution in [3.8, 4) is 0 Å². The highest BCUT2D eigenvalue weighted by atomic mass is 32.2. The van der Waals surface area contributed by atoms with Crippen LogP contribution in [0.2, 0.25) is 0 Å². The van der Waals surface area contributed by atoms with Crippen LogP contribution in [0.15, 0.2) is 4.52 Å². The molecule has 1 aromatic heterocycles. The van der Waals surface area contributed by atoms with E-state index in [1.807, 2.05) is 11.8 Å². The SMILES string of the molecule is C1CC(Cc2nc(C3CSCCO3)no2)CN1. The Morgan fingerprint density at radius 3 is 3.24 bits per heavy atom. The van der Waals surface area contributed by atoms with Crippen molar-refractivity contribution < 1.29 is 9.26 Å². The zero-order chi connectivity index (χ0) is 11.5. The van der Waals surface area contributed by atoms with Crippen LogP contribution in [-0.2, 0) is 11.2 Å². The zero-order valence-corrected chi connectivity index (χ0v) is 10.5. The van der Waals surface area contributed by atoms with Crippen molar-refractivity contribution in [3.05, 3.63) is 11.7 Å². The lowest BCUT2D eigenvalue weighted by Gasteiger charge is -2.18. The van der Waals surface area contributed by atoms with Gasteiger partial charge >= 0.3 is 0 Å². The van der Waals surface area contributed by atoms with E-state index in [0.29, 0.717) is 5.92 Å². The molecule has 94 valence electrons. The average Bonchev–Trinajstić information content (AvgIpc) is 3.02. The van der Waals surface area contributed by atoms with Crippen LogP contribution >= 0.6 is 11.8 Å².